The van der Waals surface area contributed by atoms with Crippen molar-refractivity contribution < 1.29 is 9.59 Å². The zero-order valence-corrected chi connectivity index (χ0v) is 17.4. The second kappa shape index (κ2) is 9.47. The molecule has 0 spiro atoms. The minimum atomic E-state index is -0.692. The van der Waals surface area contributed by atoms with Gasteiger partial charge in [-0.15, -0.1) is 10.2 Å². The lowest BCUT2D eigenvalue weighted by atomic mass is 9.85. The molecule has 1 fully saturated rings. The number of benzene rings is 1. The Hall–Kier alpha value is -3.29. The Morgan fingerprint density at radius 1 is 1.20 bits per heavy atom. The van der Waals surface area contributed by atoms with Gasteiger partial charge in [0.2, 0.25) is 5.91 Å². The summed E-state index contributed by atoms with van der Waals surface area (Å²) in [6.07, 6.45) is 4.71. The molecule has 1 aromatic heterocycles. The quantitative estimate of drug-likeness (QED) is 0.605. The number of aromatic nitrogens is 3. The van der Waals surface area contributed by atoms with Gasteiger partial charge in [-0.2, -0.15) is 0 Å². The van der Waals surface area contributed by atoms with E-state index in [0.29, 0.717) is 24.0 Å². The number of hydrogen-bond donors (Lipinski definition) is 3. The zero-order chi connectivity index (χ0) is 21.7. The van der Waals surface area contributed by atoms with Crippen molar-refractivity contribution in [2.75, 3.05) is 5.32 Å². The van der Waals surface area contributed by atoms with Gasteiger partial charge in [-0.3, -0.25) is 9.59 Å². The van der Waals surface area contributed by atoms with Gasteiger partial charge in [-0.1, -0.05) is 39.0 Å². The van der Waals surface area contributed by atoms with Crippen molar-refractivity contribution in [2.24, 2.45) is 5.73 Å². The maximum Gasteiger partial charge on any atom is 0.273 e. The van der Waals surface area contributed by atoms with Gasteiger partial charge >= 0.3 is 0 Å². The van der Waals surface area contributed by atoms with E-state index in [2.05, 4.69) is 46.2 Å². The summed E-state index contributed by atoms with van der Waals surface area (Å²) in [5, 5.41) is 14.3. The molecule has 30 heavy (non-hydrogen) atoms. The number of amides is 2. The average molecular weight is 409 g/mol. The van der Waals surface area contributed by atoms with Gasteiger partial charge in [-0.05, 0) is 49.0 Å². The molecule has 0 bridgehead atoms. The lowest BCUT2D eigenvalue weighted by Gasteiger charge is -2.28. The molecule has 1 unspecified atom stereocenters. The molecular formula is C22H28N6O2. The highest BCUT2D eigenvalue weighted by Crippen LogP contribution is 2.32. The van der Waals surface area contributed by atoms with Crippen LogP contribution in [0.15, 0.2) is 36.9 Å². The van der Waals surface area contributed by atoms with Crippen molar-refractivity contribution in [1.82, 2.24) is 20.5 Å². The molecule has 8 heteroatoms. The van der Waals surface area contributed by atoms with Crippen LogP contribution in [-0.2, 0) is 4.79 Å². The highest BCUT2D eigenvalue weighted by molar-refractivity contribution is 5.96. The maximum absolute atomic E-state index is 11.8. The van der Waals surface area contributed by atoms with Crippen LogP contribution >= 0.6 is 0 Å². The lowest BCUT2D eigenvalue weighted by Crippen LogP contribution is -2.37. The van der Waals surface area contributed by atoms with Crippen molar-refractivity contribution in [1.29, 1.82) is 0 Å². The summed E-state index contributed by atoms with van der Waals surface area (Å²) in [5.74, 6) is 0.417. The molecule has 0 aliphatic heterocycles. The predicted molar refractivity (Wildman–Crippen MR) is 115 cm³/mol. The van der Waals surface area contributed by atoms with Crippen LogP contribution in [0, 0.1) is 0 Å². The number of primary amides is 1. The Morgan fingerprint density at radius 2 is 1.93 bits per heavy atom. The molecule has 1 aliphatic rings. The molecule has 8 nitrogen and oxygen atoms in total. The summed E-state index contributed by atoms with van der Waals surface area (Å²) in [7, 11) is 0. The van der Waals surface area contributed by atoms with Crippen molar-refractivity contribution in [3.8, 4) is 0 Å². The van der Waals surface area contributed by atoms with Crippen molar-refractivity contribution in [3.05, 3.63) is 54.0 Å². The summed E-state index contributed by atoms with van der Waals surface area (Å²) >= 11 is 0. The van der Waals surface area contributed by atoms with Gasteiger partial charge in [0.1, 0.15) is 0 Å². The molecule has 3 rings (SSSR count). The summed E-state index contributed by atoms with van der Waals surface area (Å²) in [6, 6.07) is 7.96. The Bertz CT molecular complexity index is 926. The molecule has 0 radical (unpaired) electrons. The van der Waals surface area contributed by atoms with Gasteiger partial charge in [-0.25, -0.2) is 4.98 Å². The largest absolute Gasteiger partial charge is 0.364 e. The van der Waals surface area contributed by atoms with Crippen LogP contribution in [0.3, 0.4) is 0 Å². The molecule has 2 atom stereocenters. The molecule has 158 valence electrons. The van der Waals surface area contributed by atoms with Crippen LogP contribution in [0.2, 0.25) is 0 Å². The van der Waals surface area contributed by atoms with E-state index in [-0.39, 0.29) is 23.6 Å². The summed E-state index contributed by atoms with van der Waals surface area (Å²) in [4.78, 5) is 28.0. The van der Waals surface area contributed by atoms with Crippen LogP contribution < -0.4 is 16.4 Å². The van der Waals surface area contributed by atoms with E-state index in [4.69, 9.17) is 5.73 Å². The minimum Gasteiger partial charge on any atom is -0.364 e. The van der Waals surface area contributed by atoms with Gasteiger partial charge in [0.25, 0.3) is 5.91 Å². The fourth-order valence-corrected chi connectivity index (χ4v) is 3.67. The van der Waals surface area contributed by atoms with Crippen molar-refractivity contribution in [3.63, 3.8) is 0 Å². The Labute approximate surface area is 176 Å². The van der Waals surface area contributed by atoms with E-state index in [1.54, 1.807) is 0 Å². The Morgan fingerprint density at radius 3 is 2.57 bits per heavy atom. The molecule has 1 aliphatic carbocycles. The normalized spacial score (nSPS) is 18.6. The fraction of sp³-hybridized carbons (Fsp3) is 0.409. The summed E-state index contributed by atoms with van der Waals surface area (Å²) < 4.78 is 0. The van der Waals surface area contributed by atoms with Crippen LogP contribution in [0.4, 0.5) is 11.5 Å². The van der Waals surface area contributed by atoms with Gasteiger partial charge in [0, 0.05) is 17.6 Å². The highest BCUT2D eigenvalue weighted by Gasteiger charge is 2.27. The number of carbonyl (C=O) groups is 2. The number of carbonyl (C=O) groups excluding carboxylic acids is 2. The van der Waals surface area contributed by atoms with E-state index in [1.165, 1.54) is 11.6 Å². The van der Waals surface area contributed by atoms with E-state index in [1.807, 2.05) is 24.3 Å². The van der Waals surface area contributed by atoms with Crippen LogP contribution in [-0.4, -0.2) is 33.0 Å². The smallest absolute Gasteiger partial charge is 0.273 e. The summed E-state index contributed by atoms with van der Waals surface area (Å²) in [5.41, 5.74) is 7.47. The molecular weight excluding hydrogens is 380 g/mol. The second-order valence-corrected chi connectivity index (χ2v) is 7.91. The van der Waals surface area contributed by atoms with E-state index < -0.39 is 5.91 Å². The van der Waals surface area contributed by atoms with Crippen molar-refractivity contribution in [2.45, 2.75) is 57.4 Å². The van der Waals surface area contributed by atoms with E-state index in [9.17, 15) is 9.59 Å². The molecule has 2 aromatic rings. The molecule has 2 amide bonds. The minimum absolute atomic E-state index is 0.000921. The third kappa shape index (κ3) is 5.20. The molecule has 1 heterocycles. The SMILES string of the molecule is C=CC(=O)N[C@H]1CCCC(c2nnc(C(N)=O)c(Nc3ccc(C(C)C)cc3)n2)C1. The first-order chi connectivity index (χ1) is 14.4. The summed E-state index contributed by atoms with van der Waals surface area (Å²) in [6.45, 7) is 7.75. The topological polar surface area (TPSA) is 123 Å². The average Bonchev–Trinajstić information content (AvgIpc) is 2.74. The van der Waals surface area contributed by atoms with Crippen LogP contribution in [0.25, 0.3) is 0 Å². The number of hydrogen-bond acceptors (Lipinski definition) is 6. The predicted octanol–water partition coefficient (Wildman–Crippen LogP) is 3.17. The third-order valence-electron chi connectivity index (χ3n) is 5.35. The highest BCUT2D eigenvalue weighted by atomic mass is 16.2. The van der Waals surface area contributed by atoms with Gasteiger partial charge in [0.15, 0.2) is 17.3 Å². The monoisotopic (exact) mass is 408 g/mol. The van der Waals surface area contributed by atoms with E-state index in [0.717, 1.165) is 24.9 Å². The second-order valence-electron chi connectivity index (χ2n) is 7.91. The number of nitrogens with two attached hydrogens (primary N) is 1. The number of nitrogens with one attached hydrogen (secondary N) is 2. The zero-order valence-electron chi connectivity index (χ0n) is 17.4. The maximum atomic E-state index is 11.8. The van der Waals surface area contributed by atoms with E-state index >= 15 is 0 Å². The number of rotatable bonds is 7. The molecule has 1 aromatic carbocycles. The fourth-order valence-electron chi connectivity index (χ4n) is 3.67. The van der Waals surface area contributed by atoms with Gasteiger partial charge < -0.3 is 16.4 Å². The first kappa shape index (κ1) is 21.4. The third-order valence-corrected chi connectivity index (χ3v) is 5.35. The first-order valence-electron chi connectivity index (χ1n) is 10.2. The molecule has 1 saturated carbocycles. The Kier molecular flexibility index (Phi) is 6.76. The van der Waals surface area contributed by atoms with Crippen LogP contribution in [0.5, 0.6) is 0 Å². The first-order valence-corrected chi connectivity index (χ1v) is 10.2. The lowest BCUT2D eigenvalue weighted by molar-refractivity contribution is -0.117. The van der Waals surface area contributed by atoms with Gasteiger partial charge in [0.05, 0.1) is 0 Å². The number of anilines is 2. The molecule has 0 saturated heterocycles. The van der Waals surface area contributed by atoms with Crippen LogP contribution in [0.1, 0.15) is 73.2 Å². The Balaban J connectivity index is 1.82. The molecule has 4 N–H and O–H groups in total. The standard InChI is InChI=1S/C22H28N6O2/c1-4-18(29)24-17-7-5-6-15(12-17)21-26-22(19(20(23)30)27-28-21)25-16-10-8-14(9-11-16)13(2)3/h4,8-11,13,15,17H,1,5-7,12H2,2-3H3,(H2,23,30)(H,24,29)(H,25,26,28)/t15?,17-/m0/s1. The number of nitrogens with zero attached hydrogens (tertiary/aromatic N) is 3. The van der Waals surface area contributed by atoms with Crippen molar-refractivity contribution >= 4 is 23.3 Å².